The molecule has 0 fully saturated rings. The molecule has 6 nitrogen and oxygen atoms in total. The monoisotopic (exact) mass is 206 g/mol. The van der Waals surface area contributed by atoms with Crippen LogP contribution in [0.1, 0.15) is 20.8 Å². The Balaban J connectivity index is 2.58. The SMILES string of the molecule is O=Cc1[nH]cnc1-c1occc1C(=O)O. The van der Waals surface area contributed by atoms with Gasteiger partial charge in [-0.15, -0.1) is 0 Å². The molecule has 2 heterocycles. The van der Waals surface area contributed by atoms with Gasteiger partial charge in [0.05, 0.1) is 12.6 Å². The van der Waals surface area contributed by atoms with Crippen LogP contribution in [0.3, 0.4) is 0 Å². The fourth-order valence-electron chi connectivity index (χ4n) is 1.24. The van der Waals surface area contributed by atoms with E-state index in [-0.39, 0.29) is 22.7 Å². The number of nitrogens with zero attached hydrogens (tertiary/aromatic N) is 1. The van der Waals surface area contributed by atoms with E-state index in [1.807, 2.05) is 0 Å². The average Bonchev–Trinajstić information content (AvgIpc) is 2.85. The molecule has 2 aromatic heterocycles. The standard InChI is InChI=1S/C9H6N2O4/c12-3-6-7(11-4-10-6)8-5(9(13)14)1-2-15-8/h1-4H,(H,10,11)(H,13,14). The van der Waals surface area contributed by atoms with Gasteiger partial charge in [-0.2, -0.15) is 0 Å². The summed E-state index contributed by atoms with van der Waals surface area (Å²) in [4.78, 5) is 27.8. The Kier molecular flexibility index (Phi) is 2.09. The lowest BCUT2D eigenvalue weighted by Gasteiger charge is -1.94. The Morgan fingerprint density at radius 3 is 3.07 bits per heavy atom. The van der Waals surface area contributed by atoms with E-state index in [0.717, 1.165) is 0 Å². The molecule has 0 amide bonds. The van der Waals surface area contributed by atoms with Crippen LogP contribution >= 0.6 is 0 Å². The minimum atomic E-state index is -1.13. The Morgan fingerprint density at radius 1 is 1.60 bits per heavy atom. The Labute approximate surface area is 83.6 Å². The molecule has 0 aliphatic heterocycles. The van der Waals surface area contributed by atoms with Gasteiger partial charge in [-0.05, 0) is 6.07 Å². The Morgan fingerprint density at radius 2 is 2.40 bits per heavy atom. The third-order valence-electron chi connectivity index (χ3n) is 1.90. The quantitative estimate of drug-likeness (QED) is 0.735. The summed E-state index contributed by atoms with van der Waals surface area (Å²) in [6.07, 6.45) is 3.09. The highest BCUT2D eigenvalue weighted by atomic mass is 16.4. The maximum Gasteiger partial charge on any atom is 0.339 e. The van der Waals surface area contributed by atoms with Crippen LogP contribution in [0, 0.1) is 0 Å². The van der Waals surface area contributed by atoms with Crippen LogP contribution in [0.15, 0.2) is 23.1 Å². The van der Waals surface area contributed by atoms with Crippen molar-refractivity contribution in [2.75, 3.05) is 0 Å². The number of aldehydes is 1. The Hall–Kier alpha value is -2.37. The van der Waals surface area contributed by atoms with Crippen molar-refractivity contribution in [3.63, 3.8) is 0 Å². The van der Waals surface area contributed by atoms with Gasteiger partial charge in [0.1, 0.15) is 17.0 Å². The van der Waals surface area contributed by atoms with Crippen LogP contribution in [-0.4, -0.2) is 27.3 Å². The second-order valence-corrected chi connectivity index (χ2v) is 2.75. The molecule has 2 N–H and O–H groups in total. The molecule has 0 aliphatic carbocycles. The summed E-state index contributed by atoms with van der Waals surface area (Å²) in [6.45, 7) is 0. The highest BCUT2D eigenvalue weighted by Gasteiger charge is 2.19. The predicted molar refractivity (Wildman–Crippen MR) is 48.6 cm³/mol. The maximum absolute atomic E-state index is 10.8. The maximum atomic E-state index is 10.8. The number of carboxylic acid groups (broad SMARTS) is 1. The summed E-state index contributed by atoms with van der Waals surface area (Å²) >= 11 is 0. The Bertz CT molecular complexity index is 512. The van der Waals surface area contributed by atoms with Crippen molar-refractivity contribution in [3.8, 4) is 11.5 Å². The second kappa shape index (κ2) is 3.41. The van der Waals surface area contributed by atoms with Gasteiger partial charge in [0.15, 0.2) is 12.0 Å². The van der Waals surface area contributed by atoms with Gasteiger partial charge in [-0.3, -0.25) is 4.79 Å². The van der Waals surface area contributed by atoms with E-state index in [4.69, 9.17) is 9.52 Å². The number of imidazole rings is 1. The van der Waals surface area contributed by atoms with E-state index in [0.29, 0.717) is 6.29 Å². The number of aromatic carboxylic acids is 1. The van der Waals surface area contributed by atoms with E-state index in [9.17, 15) is 9.59 Å². The summed E-state index contributed by atoms with van der Waals surface area (Å²) in [5, 5.41) is 8.83. The molecule has 0 saturated heterocycles. The number of hydrogen-bond acceptors (Lipinski definition) is 4. The van der Waals surface area contributed by atoms with Crippen molar-refractivity contribution in [1.82, 2.24) is 9.97 Å². The van der Waals surface area contributed by atoms with E-state index < -0.39 is 5.97 Å². The highest BCUT2D eigenvalue weighted by molar-refractivity contribution is 5.96. The van der Waals surface area contributed by atoms with Crippen molar-refractivity contribution < 1.29 is 19.1 Å². The van der Waals surface area contributed by atoms with Gasteiger partial charge < -0.3 is 14.5 Å². The lowest BCUT2D eigenvalue weighted by molar-refractivity contribution is 0.0697. The molecule has 0 aromatic carbocycles. The van der Waals surface area contributed by atoms with Gasteiger partial charge in [-0.1, -0.05) is 0 Å². The number of nitrogens with one attached hydrogen (secondary N) is 1. The van der Waals surface area contributed by atoms with Crippen LogP contribution < -0.4 is 0 Å². The molecule has 0 saturated carbocycles. The van der Waals surface area contributed by atoms with E-state index in [1.54, 1.807) is 0 Å². The van der Waals surface area contributed by atoms with Gasteiger partial charge >= 0.3 is 5.97 Å². The molecular formula is C9H6N2O4. The lowest BCUT2D eigenvalue weighted by Crippen LogP contribution is -1.97. The third-order valence-corrected chi connectivity index (χ3v) is 1.90. The first-order valence-electron chi connectivity index (χ1n) is 4.03. The minimum Gasteiger partial charge on any atom is -0.478 e. The zero-order chi connectivity index (χ0) is 10.8. The molecule has 2 rings (SSSR count). The first-order chi connectivity index (χ1) is 7.24. The zero-order valence-electron chi connectivity index (χ0n) is 7.43. The smallest absolute Gasteiger partial charge is 0.339 e. The molecule has 2 aromatic rings. The molecule has 0 spiro atoms. The fourth-order valence-corrected chi connectivity index (χ4v) is 1.24. The lowest BCUT2D eigenvalue weighted by atomic mass is 10.2. The first kappa shape index (κ1) is 9.20. The highest BCUT2D eigenvalue weighted by Crippen LogP contribution is 2.24. The van der Waals surface area contributed by atoms with Gasteiger partial charge in [0.2, 0.25) is 0 Å². The molecule has 0 unspecified atom stereocenters. The summed E-state index contributed by atoms with van der Waals surface area (Å²) in [7, 11) is 0. The van der Waals surface area contributed by atoms with Gasteiger partial charge in [0.25, 0.3) is 0 Å². The van der Waals surface area contributed by atoms with Crippen LogP contribution in [-0.2, 0) is 0 Å². The van der Waals surface area contributed by atoms with Crippen LogP contribution in [0.5, 0.6) is 0 Å². The average molecular weight is 206 g/mol. The summed E-state index contributed by atoms with van der Waals surface area (Å²) in [6, 6.07) is 1.31. The molecule has 76 valence electrons. The number of H-pyrrole nitrogens is 1. The molecule has 0 radical (unpaired) electrons. The second-order valence-electron chi connectivity index (χ2n) is 2.75. The van der Waals surface area contributed by atoms with Crippen molar-refractivity contribution >= 4 is 12.3 Å². The number of rotatable bonds is 3. The summed E-state index contributed by atoms with van der Waals surface area (Å²) in [5.41, 5.74) is 0.366. The van der Waals surface area contributed by atoms with Crippen LogP contribution in [0.4, 0.5) is 0 Å². The van der Waals surface area contributed by atoms with Gasteiger partial charge in [0, 0.05) is 0 Å². The van der Waals surface area contributed by atoms with Crippen molar-refractivity contribution in [2.24, 2.45) is 0 Å². The van der Waals surface area contributed by atoms with E-state index in [2.05, 4.69) is 9.97 Å². The number of aromatic nitrogens is 2. The number of carboxylic acids is 1. The molecule has 0 aliphatic rings. The van der Waals surface area contributed by atoms with Crippen molar-refractivity contribution in [1.29, 1.82) is 0 Å². The van der Waals surface area contributed by atoms with Crippen molar-refractivity contribution in [3.05, 3.63) is 29.9 Å². The summed E-state index contributed by atoms with van der Waals surface area (Å²) in [5.74, 6) is -1.05. The molecule has 0 atom stereocenters. The molecule has 15 heavy (non-hydrogen) atoms. The van der Waals surface area contributed by atoms with E-state index >= 15 is 0 Å². The number of carbonyl (C=O) groups is 2. The van der Waals surface area contributed by atoms with Crippen molar-refractivity contribution in [2.45, 2.75) is 0 Å². The van der Waals surface area contributed by atoms with E-state index in [1.165, 1.54) is 18.7 Å². The normalized spacial score (nSPS) is 10.1. The number of aromatic amines is 1. The van der Waals surface area contributed by atoms with Crippen LogP contribution in [0.25, 0.3) is 11.5 Å². The molecular weight excluding hydrogens is 200 g/mol. The number of furan rings is 1. The predicted octanol–water partition coefficient (Wildman–Crippen LogP) is 1.18. The van der Waals surface area contributed by atoms with Crippen LogP contribution in [0.2, 0.25) is 0 Å². The third kappa shape index (κ3) is 1.41. The fraction of sp³-hybridized carbons (Fsp3) is 0. The minimum absolute atomic E-state index is 0.0230. The molecule has 6 heteroatoms. The van der Waals surface area contributed by atoms with Gasteiger partial charge in [-0.25, -0.2) is 9.78 Å². The molecule has 0 bridgehead atoms. The number of hydrogen-bond donors (Lipinski definition) is 2. The first-order valence-corrected chi connectivity index (χ1v) is 4.03. The largest absolute Gasteiger partial charge is 0.478 e. The number of carbonyl (C=O) groups excluding carboxylic acids is 1. The summed E-state index contributed by atoms with van der Waals surface area (Å²) < 4.78 is 4.99. The topological polar surface area (TPSA) is 96.2 Å². The zero-order valence-corrected chi connectivity index (χ0v) is 7.43.